The summed E-state index contributed by atoms with van der Waals surface area (Å²) in [5.41, 5.74) is 0.768. The molecule has 0 saturated heterocycles. The number of carbonyl (C=O) groups excluding carboxylic acids is 1. The van der Waals surface area contributed by atoms with Gasteiger partial charge in [-0.1, -0.05) is 18.2 Å². The summed E-state index contributed by atoms with van der Waals surface area (Å²) in [7, 11) is 0. The summed E-state index contributed by atoms with van der Waals surface area (Å²) in [5.74, 6) is -0.619. The van der Waals surface area contributed by atoms with Crippen molar-refractivity contribution in [3.63, 3.8) is 0 Å². The van der Waals surface area contributed by atoms with Crippen molar-refractivity contribution in [1.82, 2.24) is 5.32 Å². The van der Waals surface area contributed by atoms with Gasteiger partial charge in [0.15, 0.2) is 0 Å². The Morgan fingerprint density at radius 2 is 2.05 bits per heavy atom. The van der Waals surface area contributed by atoms with Gasteiger partial charge in [-0.25, -0.2) is 0 Å². The number of furan rings is 1. The molecular weight excluding hydrogens is 246 g/mol. The molecule has 100 valence electrons. The largest absolute Gasteiger partial charge is 0.481 e. The van der Waals surface area contributed by atoms with Crippen LogP contribution in [0, 0.1) is 0 Å². The number of nitrogens with one attached hydrogen (secondary N) is 1. The summed E-state index contributed by atoms with van der Waals surface area (Å²) in [4.78, 5) is 21.9. The molecule has 0 aliphatic heterocycles. The number of para-hydroxylation sites is 1. The lowest BCUT2D eigenvalue weighted by Gasteiger charge is -2.10. The predicted molar refractivity (Wildman–Crippen MR) is 69.6 cm³/mol. The molecule has 1 aromatic heterocycles. The van der Waals surface area contributed by atoms with Crippen LogP contribution in [0.2, 0.25) is 0 Å². The molecule has 0 aliphatic carbocycles. The van der Waals surface area contributed by atoms with Gasteiger partial charge in [0.05, 0.1) is 12.5 Å². The summed E-state index contributed by atoms with van der Waals surface area (Å²) >= 11 is 0. The minimum absolute atomic E-state index is 0.0279. The smallest absolute Gasteiger partial charge is 0.303 e. The lowest BCUT2D eigenvalue weighted by molar-refractivity contribution is -0.138. The first-order valence-corrected chi connectivity index (χ1v) is 6.06. The average molecular weight is 261 g/mol. The number of aliphatic carboxylic acids is 1. The number of benzene rings is 1. The molecule has 2 rings (SSSR count). The van der Waals surface area contributed by atoms with Gasteiger partial charge in [-0.15, -0.1) is 0 Å². The van der Waals surface area contributed by atoms with Gasteiger partial charge < -0.3 is 14.8 Å². The molecule has 0 bridgehead atoms. The van der Waals surface area contributed by atoms with E-state index < -0.39 is 5.97 Å². The van der Waals surface area contributed by atoms with Gasteiger partial charge in [0.25, 0.3) is 0 Å². The van der Waals surface area contributed by atoms with Crippen LogP contribution in [0.4, 0.5) is 0 Å². The highest BCUT2D eigenvalue weighted by Crippen LogP contribution is 2.23. The number of hydrogen-bond donors (Lipinski definition) is 2. The molecule has 0 spiro atoms. The van der Waals surface area contributed by atoms with E-state index in [0.717, 1.165) is 11.0 Å². The van der Waals surface area contributed by atoms with Gasteiger partial charge in [-0.3, -0.25) is 9.59 Å². The van der Waals surface area contributed by atoms with Crippen LogP contribution in [0.15, 0.2) is 34.7 Å². The third-order valence-electron chi connectivity index (χ3n) is 2.81. The van der Waals surface area contributed by atoms with Gasteiger partial charge in [-0.05, 0) is 19.1 Å². The summed E-state index contributed by atoms with van der Waals surface area (Å²) < 4.78 is 5.63. The van der Waals surface area contributed by atoms with E-state index in [2.05, 4.69) is 5.32 Å². The molecule has 1 atom stereocenters. The summed E-state index contributed by atoms with van der Waals surface area (Å²) in [6.45, 7) is 1.80. The third kappa shape index (κ3) is 3.34. The Morgan fingerprint density at radius 3 is 2.74 bits per heavy atom. The molecule has 5 heteroatoms. The normalized spacial score (nSPS) is 12.3. The zero-order valence-electron chi connectivity index (χ0n) is 10.6. The van der Waals surface area contributed by atoms with Crippen molar-refractivity contribution >= 4 is 22.8 Å². The molecule has 0 aliphatic rings. The number of amides is 1. The lowest BCUT2D eigenvalue weighted by atomic mass is 10.2. The molecule has 2 N–H and O–H groups in total. The standard InChI is InChI=1S/C14H15NO4/c1-9(15-13(16)6-7-14(17)18)12-8-10-4-2-3-5-11(10)19-12/h2-5,8-9H,6-7H2,1H3,(H,15,16)(H,17,18). The Morgan fingerprint density at radius 1 is 1.32 bits per heavy atom. The Kier molecular flexibility index (Phi) is 3.85. The zero-order valence-corrected chi connectivity index (χ0v) is 10.6. The first-order valence-electron chi connectivity index (χ1n) is 6.06. The van der Waals surface area contributed by atoms with E-state index in [4.69, 9.17) is 9.52 Å². The highest BCUT2D eigenvalue weighted by molar-refractivity contribution is 5.81. The van der Waals surface area contributed by atoms with Crippen LogP contribution in [-0.4, -0.2) is 17.0 Å². The van der Waals surface area contributed by atoms with Crippen molar-refractivity contribution in [2.24, 2.45) is 0 Å². The van der Waals surface area contributed by atoms with Crippen molar-refractivity contribution < 1.29 is 19.1 Å². The Bertz CT molecular complexity index is 569. The molecule has 0 radical (unpaired) electrons. The number of carbonyl (C=O) groups is 2. The molecule has 19 heavy (non-hydrogen) atoms. The van der Waals surface area contributed by atoms with Crippen LogP contribution in [0.1, 0.15) is 31.6 Å². The van der Waals surface area contributed by atoms with E-state index in [1.165, 1.54) is 0 Å². The fourth-order valence-electron chi connectivity index (χ4n) is 1.82. The number of fused-ring (bicyclic) bond motifs is 1. The number of hydrogen-bond acceptors (Lipinski definition) is 3. The maximum atomic E-state index is 11.5. The molecule has 0 saturated carbocycles. The van der Waals surface area contributed by atoms with E-state index >= 15 is 0 Å². The molecule has 1 heterocycles. The van der Waals surface area contributed by atoms with E-state index in [1.807, 2.05) is 30.3 Å². The van der Waals surface area contributed by atoms with Gasteiger partial charge in [-0.2, -0.15) is 0 Å². The highest BCUT2D eigenvalue weighted by Gasteiger charge is 2.14. The predicted octanol–water partition coefficient (Wildman–Crippen LogP) is 2.47. The monoisotopic (exact) mass is 261 g/mol. The van der Waals surface area contributed by atoms with Gasteiger partial charge >= 0.3 is 5.97 Å². The maximum Gasteiger partial charge on any atom is 0.303 e. The van der Waals surface area contributed by atoms with Crippen molar-refractivity contribution in [2.75, 3.05) is 0 Å². The van der Waals surface area contributed by atoms with Gasteiger partial charge in [0, 0.05) is 11.8 Å². The first kappa shape index (κ1) is 13.1. The summed E-state index contributed by atoms with van der Waals surface area (Å²) in [5, 5.41) is 12.2. The fraction of sp³-hybridized carbons (Fsp3) is 0.286. The molecule has 5 nitrogen and oxygen atoms in total. The molecule has 1 aromatic carbocycles. The number of carboxylic acid groups (broad SMARTS) is 1. The second-order valence-electron chi connectivity index (χ2n) is 4.37. The van der Waals surface area contributed by atoms with Crippen LogP contribution in [0.3, 0.4) is 0 Å². The summed E-state index contributed by atoms with van der Waals surface area (Å²) in [6.07, 6.45) is -0.196. The maximum absolute atomic E-state index is 11.5. The highest BCUT2D eigenvalue weighted by atomic mass is 16.4. The van der Waals surface area contributed by atoms with Crippen LogP contribution < -0.4 is 5.32 Å². The van der Waals surface area contributed by atoms with E-state index in [1.54, 1.807) is 6.92 Å². The molecule has 2 aromatic rings. The number of rotatable bonds is 5. The Labute approximate surface area is 110 Å². The summed E-state index contributed by atoms with van der Waals surface area (Å²) in [6, 6.07) is 9.17. The van der Waals surface area contributed by atoms with Crippen LogP contribution >= 0.6 is 0 Å². The number of carboxylic acids is 1. The van der Waals surface area contributed by atoms with Crippen LogP contribution in [-0.2, 0) is 9.59 Å². The topological polar surface area (TPSA) is 79.5 Å². The molecule has 0 fully saturated rings. The zero-order chi connectivity index (χ0) is 13.8. The molecular formula is C14H15NO4. The third-order valence-corrected chi connectivity index (χ3v) is 2.81. The fourth-order valence-corrected chi connectivity index (χ4v) is 1.82. The SMILES string of the molecule is CC(NC(=O)CCC(=O)O)c1cc2ccccc2o1. The van der Waals surface area contributed by atoms with Crippen molar-refractivity contribution in [2.45, 2.75) is 25.8 Å². The Balaban J connectivity index is 2.01. The molecule has 1 amide bonds. The van der Waals surface area contributed by atoms with Gasteiger partial charge in [0.2, 0.25) is 5.91 Å². The second-order valence-corrected chi connectivity index (χ2v) is 4.37. The van der Waals surface area contributed by atoms with E-state index in [0.29, 0.717) is 5.76 Å². The lowest BCUT2D eigenvalue weighted by Crippen LogP contribution is -2.26. The Hall–Kier alpha value is -2.30. The van der Waals surface area contributed by atoms with E-state index in [9.17, 15) is 9.59 Å². The minimum Gasteiger partial charge on any atom is -0.481 e. The van der Waals surface area contributed by atoms with Crippen molar-refractivity contribution in [3.05, 3.63) is 36.1 Å². The van der Waals surface area contributed by atoms with Crippen molar-refractivity contribution in [3.8, 4) is 0 Å². The molecule has 1 unspecified atom stereocenters. The minimum atomic E-state index is -0.980. The van der Waals surface area contributed by atoms with Crippen LogP contribution in [0.5, 0.6) is 0 Å². The van der Waals surface area contributed by atoms with Crippen molar-refractivity contribution in [1.29, 1.82) is 0 Å². The average Bonchev–Trinajstić information content (AvgIpc) is 2.80. The first-order chi connectivity index (χ1) is 9.06. The van der Waals surface area contributed by atoms with E-state index in [-0.39, 0.29) is 24.8 Å². The quantitative estimate of drug-likeness (QED) is 0.866. The second kappa shape index (κ2) is 5.56. The van der Waals surface area contributed by atoms with Gasteiger partial charge in [0.1, 0.15) is 11.3 Å². The van der Waals surface area contributed by atoms with Crippen LogP contribution in [0.25, 0.3) is 11.0 Å².